The molecule has 1 aliphatic carbocycles. The van der Waals surface area contributed by atoms with Gasteiger partial charge in [-0.15, -0.1) is 5.10 Å². The van der Waals surface area contributed by atoms with Crippen molar-refractivity contribution >= 4 is 5.69 Å². The molecule has 3 aromatic rings. The molecular weight excluding hydrogens is 391 g/mol. The second-order valence-corrected chi connectivity index (χ2v) is 8.71. The second-order valence-electron chi connectivity index (χ2n) is 8.71. The lowest BCUT2D eigenvalue weighted by Crippen LogP contribution is -2.48. The van der Waals surface area contributed by atoms with E-state index < -0.39 is 0 Å². The van der Waals surface area contributed by atoms with Gasteiger partial charge in [0, 0.05) is 26.2 Å². The molecule has 2 aromatic carbocycles. The summed E-state index contributed by atoms with van der Waals surface area (Å²) in [5.74, 6) is 0.770. The minimum Gasteiger partial charge on any atom is -0.367 e. The van der Waals surface area contributed by atoms with Gasteiger partial charge >= 0.3 is 0 Å². The average Bonchev–Trinajstić information content (AvgIpc) is 3.48. The molecule has 6 nitrogen and oxygen atoms in total. The summed E-state index contributed by atoms with van der Waals surface area (Å²) in [5, 5.41) is 13.0. The molecule has 0 spiro atoms. The van der Waals surface area contributed by atoms with Crippen LogP contribution in [-0.4, -0.2) is 51.3 Å². The number of nitrogens with zero attached hydrogens (tertiary/aromatic N) is 6. The quantitative estimate of drug-likeness (QED) is 0.621. The molecule has 1 atom stereocenters. The third kappa shape index (κ3) is 4.06. The van der Waals surface area contributed by atoms with Crippen molar-refractivity contribution in [3.63, 3.8) is 0 Å². The van der Waals surface area contributed by atoms with Crippen LogP contribution in [0.5, 0.6) is 0 Å². The standard InChI is InChI=1S/C24H29FN6/c1-18-10-12-19(13-11-18)23(24-26-27-28-31(24)20-6-2-3-7-20)30-16-14-29(15-17-30)22-9-5-4-8-21(22)25/h4-5,8-13,20,23H,2-3,6-7,14-17H2,1H3/t23-/m0/s1. The van der Waals surface area contributed by atoms with Gasteiger partial charge in [-0.25, -0.2) is 9.07 Å². The smallest absolute Gasteiger partial charge is 0.173 e. The molecule has 5 rings (SSSR count). The van der Waals surface area contributed by atoms with Gasteiger partial charge in [-0.3, -0.25) is 4.90 Å². The fourth-order valence-corrected chi connectivity index (χ4v) is 4.99. The summed E-state index contributed by atoms with van der Waals surface area (Å²) in [7, 11) is 0. The molecule has 2 fully saturated rings. The average molecular weight is 421 g/mol. The van der Waals surface area contributed by atoms with Crippen LogP contribution in [0.1, 0.15) is 54.7 Å². The minimum absolute atomic E-state index is 0.000953. The van der Waals surface area contributed by atoms with E-state index >= 15 is 0 Å². The van der Waals surface area contributed by atoms with Crippen LogP contribution in [-0.2, 0) is 0 Å². The molecule has 7 heteroatoms. The lowest BCUT2D eigenvalue weighted by atomic mass is 10.0. The molecule has 0 N–H and O–H groups in total. The molecule has 0 bridgehead atoms. The molecule has 0 radical (unpaired) electrons. The van der Waals surface area contributed by atoms with Crippen molar-refractivity contribution in [2.45, 2.75) is 44.7 Å². The lowest BCUT2D eigenvalue weighted by molar-refractivity contribution is 0.197. The summed E-state index contributed by atoms with van der Waals surface area (Å²) in [6, 6.07) is 16.1. The van der Waals surface area contributed by atoms with E-state index in [1.54, 1.807) is 6.07 Å². The molecule has 162 valence electrons. The highest BCUT2D eigenvalue weighted by Crippen LogP contribution is 2.35. The zero-order chi connectivity index (χ0) is 21.2. The number of aryl methyl sites for hydroxylation is 1. The van der Waals surface area contributed by atoms with Gasteiger partial charge in [0.1, 0.15) is 5.82 Å². The van der Waals surface area contributed by atoms with Crippen molar-refractivity contribution in [1.29, 1.82) is 0 Å². The van der Waals surface area contributed by atoms with E-state index in [9.17, 15) is 4.39 Å². The van der Waals surface area contributed by atoms with Crippen molar-refractivity contribution in [2.24, 2.45) is 0 Å². The molecule has 1 aromatic heterocycles. The molecule has 1 saturated heterocycles. The maximum Gasteiger partial charge on any atom is 0.173 e. The predicted octanol–water partition coefficient (Wildman–Crippen LogP) is 4.15. The van der Waals surface area contributed by atoms with Gasteiger partial charge in [0.15, 0.2) is 5.82 Å². The molecule has 1 saturated carbocycles. The van der Waals surface area contributed by atoms with Crippen LogP contribution in [0.2, 0.25) is 0 Å². The highest BCUT2D eigenvalue weighted by atomic mass is 19.1. The first-order valence-electron chi connectivity index (χ1n) is 11.3. The van der Waals surface area contributed by atoms with Gasteiger partial charge in [0.2, 0.25) is 0 Å². The number of benzene rings is 2. The number of tetrazole rings is 1. The van der Waals surface area contributed by atoms with Crippen LogP contribution in [0, 0.1) is 12.7 Å². The Labute approximate surface area is 182 Å². The largest absolute Gasteiger partial charge is 0.367 e. The number of piperazine rings is 1. The minimum atomic E-state index is -0.156. The summed E-state index contributed by atoms with van der Waals surface area (Å²) < 4.78 is 16.4. The number of anilines is 1. The summed E-state index contributed by atoms with van der Waals surface area (Å²) in [6.07, 6.45) is 4.75. The Balaban J connectivity index is 1.43. The van der Waals surface area contributed by atoms with Crippen LogP contribution in [0.3, 0.4) is 0 Å². The Bertz CT molecular complexity index is 1000. The molecule has 2 heterocycles. The number of hydrogen-bond acceptors (Lipinski definition) is 5. The maximum atomic E-state index is 14.3. The number of rotatable bonds is 5. The van der Waals surface area contributed by atoms with Gasteiger partial charge in [0.25, 0.3) is 0 Å². The first-order valence-corrected chi connectivity index (χ1v) is 11.3. The van der Waals surface area contributed by atoms with Gasteiger partial charge in [-0.1, -0.05) is 54.8 Å². The summed E-state index contributed by atoms with van der Waals surface area (Å²) in [5.41, 5.74) is 3.13. The topological polar surface area (TPSA) is 50.1 Å². The molecule has 0 unspecified atom stereocenters. The zero-order valence-corrected chi connectivity index (χ0v) is 18.0. The van der Waals surface area contributed by atoms with Gasteiger partial charge in [-0.05, 0) is 47.9 Å². The fourth-order valence-electron chi connectivity index (χ4n) is 4.99. The lowest BCUT2D eigenvalue weighted by Gasteiger charge is -2.40. The van der Waals surface area contributed by atoms with Crippen LogP contribution < -0.4 is 4.90 Å². The zero-order valence-electron chi connectivity index (χ0n) is 18.0. The Morgan fingerprint density at radius 1 is 0.935 bits per heavy atom. The van der Waals surface area contributed by atoms with Crippen molar-refractivity contribution in [2.75, 3.05) is 31.1 Å². The van der Waals surface area contributed by atoms with Crippen molar-refractivity contribution in [3.8, 4) is 0 Å². The first kappa shape index (κ1) is 20.1. The summed E-state index contributed by atoms with van der Waals surface area (Å²) in [4.78, 5) is 4.58. The highest BCUT2D eigenvalue weighted by molar-refractivity contribution is 5.48. The van der Waals surface area contributed by atoms with Gasteiger partial charge in [-0.2, -0.15) is 0 Å². The fraction of sp³-hybridized carbons (Fsp3) is 0.458. The highest BCUT2D eigenvalue weighted by Gasteiger charge is 2.33. The Morgan fingerprint density at radius 2 is 1.65 bits per heavy atom. The SMILES string of the molecule is Cc1ccc([C@@H](c2nnnn2C2CCCC2)N2CCN(c3ccccc3F)CC2)cc1. The van der Waals surface area contributed by atoms with Crippen molar-refractivity contribution in [1.82, 2.24) is 25.1 Å². The molecular formula is C24H29FN6. The number of aromatic nitrogens is 4. The van der Waals surface area contributed by atoms with Gasteiger partial charge in [0.05, 0.1) is 17.8 Å². The molecule has 0 amide bonds. The van der Waals surface area contributed by atoms with E-state index in [2.05, 4.69) is 61.2 Å². The monoisotopic (exact) mass is 420 g/mol. The number of hydrogen-bond donors (Lipinski definition) is 0. The third-order valence-corrected chi connectivity index (χ3v) is 6.70. The van der Waals surface area contributed by atoms with Crippen LogP contribution in [0.15, 0.2) is 48.5 Å². The number of para-hydroxylation sites is 1. The van der Waals surface area contributed by atoms with E-state index in [1.165, 1.54) is 30.0 Å². The summed E-state index contributed by atoms with van der Waals surface area (Å²) >= 11 is 0. The van der Waals surface area contributed by atoms with E-state index in [0.29, 0.717) is 11.7 Å². The second kappa shape index (κ2) is 8.75. The van der Waals surface area contributed by atoms with Crippen LogP contribution in [0.25, 0.3) is 0 Å². The van der Waals surface area contributed by atoms with E-state index in [0.717, 1.165) is 44.8 Å². The van der Waals surface area contributed by atoms with Crippen LogP contribution >= 0.6 is 0 Å². The Hall–Kier alpha value is -2.80. The normalized spacial score (nSPS) is 19.1. The molecule has 31 heavy (non-hydrogen) atoms. The van der Waals surface area contributed by atoms with Crippen molar-refractivity contribution < 1.29 is 4.39 Å². The Kier molecular flexibility index (Phi) is 5.68. The van der Waals surface area contributed by atoms with E-state index in [4.69, 9.17) is 0 Å². The van der Waals surface area contributed by atoms with Gasteiger partial charge < -0.3 is 4.90 Å². The van der Waals surface area contributed by atoms with E-state index in [1.807, 2.05) is 12.1 Å². The van der Waals surface area contributed by atoms with Crippen molar-refractivity contribution in [3.05, 3.63) is 71.3 Å². The predicted molar refractivity (Wildman–Crippen MR) is 119 cm³/mol. The third-order valence-electron chi connectivity index (χ3n) is 6.70. The van der Waals surface area contributed by atoms with Crippen LogP contribution in [0.4, 0.5) is 10.1 Å². The first-order chi connectivity index (χ1) is 15.2. The Morgan fingerprint density at radius 3 is 2.35 bits per heavy atom. The molecule has 2 aliphatic rings. The van der Waals surface area contributed by atoms with E-state index in [-0.39, 0.29) is 11.9 Å². The maximum absolute atomic E-state index is 14.3. The number of halogens is 1. The molecule has 1 aliphatic heterocycles. The summed E-state index contributed by atoms with van der Waals surface area (Å²) in [6.45, 7) is 5.30.